The fourth-order valence-electron chi connectivity index (χ4n) is 3.53. The summed E-state index contributed by atoms with van der Waals surface area (Å²) in [6, 6.07) is 8.46. The van der Waals surface area contributed by atoms with Crippen molar-refractivity contribution in [3.63, 3.8) is 0 Å². The molecule has 166 valence electrons. The van der Waals surface area contributed by atoms with Crippen LogP contribution in [0.5, 0.6) is 0 Å². The fourth-order valence-corrected chi connectivity index (χ4v) is 4.01. The Bertz CT molecular complexity index is 708. The second-order valence-corrected chi connectivity index (χ2v) is 8.84. The number of nitrogens with zero attached hydrogens (tertiary/aromatic N) is 1. The van der Waals surface area contributed by atoms with E-state index in [1.807, 2.05) is 43.5 Å². The molecule has 0 unspecified atom stereocenters. The molecule has 8 heteroatoms. The summed E-state index contributed by atoms with van der Waals surface area (Å²) in [4.78, 5) is 39.2. The smallest absolute Gasteiger partial charge is 0.242 e. The number of carbonyl (C=O) groups excluding carboxylic acids is 3. The van der Waals surface area contributed by atoms with E-state index in [0.717, 1.165) is 11.3 Å². The highest BCUT2D eigenvalue weighted by atomic mass is 32.2. The zero-order valence-electron chi connectivity index (χ0n) is 18.1. The minimum atomic E-state index is -0.622. The lowest BCUT2D eigenvalue weighted by molar-refractivity contribution is -0.137. The van der Waals surface area contributed by atoms with Crippen molar-refractivity contribution < 1.29 is 14.4 Å². The van der Waals surface area contributed by atoms with Gasteiger partial charge in [-0.25, -0.2) is 0 Å². The predicted octanol–water partition coefficient (Wildman–Crippen LogP) is 1.69. The first-order chi connectivity index (χ1) is 14.3. The van der Waals surface area contributed by atoms with Crippen LogP contribution in [0.25, 0.3) is 0 Å². The summed E-state index contributed by atoms with van der Waals surface area (Å²) < 4.78 is 0. The van der Waals surface area contributed by atoms with Crippen LogP contribution in [0, 0.1) is 5.92 Å². The third-order valence-corrected chi connectivity index (χ3v) is 6.18. The second kappa shape index (κ2) is 12.0. The Labute approximate surface area is 183 Å². The van der Waals surface area contributed by atoms with E-state index in [1.165, 1.54) is 0 Å². The third-order valence-electron chi connectivity index (χ3n) is 5.54. The molecule has 0 spiro atoms. The normalized spacial score (nSPS) is 17.7. The number of hydrogen-bond donors (Lipinski definition) is 3. The summed E-state index contributed by atoms with van der Waals surface area (Å²) in [6.07, 6.45) is 3.82. The monoisotopic (exact) mass is 434 g/mol. The van der Waals surface area contributed by atoms with Crippen LogP contribution in [0.15, 0.2) is 30.3 Å². The zero-order chi connectivity index (χ0) is 22.1. The lowest BCUT2D eigenvalue weighted by atomic mass is 9.95. The Morgan fingerprint density at radius 1 is 1.13 bits per heavy atom. The van der Waals surface area contributed by atoms with Crippen LogP contribution < -0.4 is 16.4 Å². The van der Waals surface area contributed by atoms with Crippen LogP contribution in [0.3, 0.4) is 0 Å². The quantitative estimate of drug-likeness (QED) is 0.549. The number of nitrogens with one attached hydrogen (secondary N) is 2. The van der Waals surface area contributed by atoms with Crippen molar-refractivity contribution in [2.24, 2.45) is 11.7 Å². The Kier molecular flexibility index (Phi) is 9.65. The first-order valence-electron chi connectivity index (χ1n) is 10.5. The van der Waals surface area contributed by atoms with Gasteiger partial charge in [0.05, 0.1) is 12.1 Å². The molecule has 1 aliphatic heterocycles. The van der Waals surface area contributed by atoms with Gasteiger partial charge in [0.25, 0.3) is 0 Å². The number of nitrogens with two attached hydrogens (primary N) is 1. The number of thioether (sulfide) groups is 1. The van der Waals surface area contributed by atoms with Gasteiger partial charge in [-0.2, -0.15) is 11.8 Å². The Hall–Kier alpha value is -2.06. The summed E-state index contributed by atoms with van der Waals surface area (Å²) in [5.74, 6) is 0.272. The number of rotatable bonds is 9. The maximum atomic E-state index is 12.6. The Balaban J connectivity index is 1.77. The van der Waals surface area contributed by atoms with Gasteiger partial charge in [-0.05, 0) is 50.7 Å². The maximum absolute atomic E-state index is 12.6. The van der Waals surface area contributed by atoms with Gasteiger partial charge in [0.1, 0.15) is 6.04 Å². The van der Waals surface area contributed by atoms with Crippen LogP contribution in [0.4, 0.5) is 0 Å². The number of amides is 3. The largest absolute Gasteiger partial charge is 0.348 e. The molecule has 4 N–H and O–H groups in total. The van der Waals surface area contributed by atoms with Gasteiger partial charge < -0.3 is 21.3 Å². The molecule has 30 heavy (non-hydrogen) atoms. The van der Waals surface area contributed by atoms with Gasteiger partial charge in [-0.1, -0.05) is 30.3 Å². The summed E-state index contributed by atoms with van der Waals surface area (Å²) in [5.41, 5.74) is 6.99. The first kappa shape index (κ1) is 24.2. The molecular formula is C22H34N4O3S. The molecule has 1 saturated heterocycles. The fraction of sp³-hybridized carbons (Fsp3) is 0.591. The molecule has 1 fully saturated rings. The highest BCUT2D eigenvalue weighted by molar-refractivity contribution is 7.98. The molecule has 2 rings (SSSR count). The molecule has 7 nitrogen and oxygen atoms in total. The van der Waals surface area contributed by atoms with E-state index in [4.69, 9.17) is 5.73 Å². The number of benzene rings is 1. The van der Waals surface area contributed by atoms with Gasteiger partial charge in [-0.3, -0.25) is 14.4 Å². The van der Waals surface area contributed by atoms with E-state index in [0.29, 0.717) is 32.4 Å². The van der Waals surface area contributed by atoms with Crippen molar-refractivity contribution in [2.45, 2.75) is 51.2 Å². The van der Waals surface area contributed by atoms with E-state index in [1.54, 1.807) is 23.6 Å². The number of carbonyl (C=O) groups is 3. The molecule has 3 atom stereocenters. The van der Waals surface area contributed by atoms with Crippen molar-refractivity contribution in [1.82, 2.24) is 15.5 Å². The second-order valence-electron chi connectivity index (χ2n) is 7.86. The minimum Gasteiger partial charge on any atom is -0.348 e. The molecule has 1 aromatic rings. The van der Waals surface area contributed by atoms with Crippen LogP contribution in [-0.4, -0.2) is 59.8 Å². The summed E-state index contributed by atoms with van der Waals surface area (Å²) in [5, 5.41) is 5.75. The summed E-state index contributed by atoms with van der Waals surface area (Å²) >= 11 is 1.67. The molecular weight excluding hydrogens is 400 g/mol. The maximum Gasteiger partial charge on any atom is 0.242 e. The van der Waals surface area contributed by atoms with E-state index in [2.05, 4.69) is 10.6 Å². The van der Waals surface area contributed by atoms with Crippen LogP contribution in [0.1, 0.15) is 44.7 Å². The topological polar surface area (TPSA) is 105 Å². The van der Waals surface area contributed by atoms with E-state index in [-0.39, 0.29) is 29.7 Å². The Morgan fingerprint density at radius 3 is 2.37 bits per heavy atom. The van der Waals surface area contributed by atoms with E-state index >= 15 is 0 Å². The number of hydrogen-bond acceptors (Lipinski definition) is 5. The third kappa shape index (κ3) is 7.02. The molecule has 1 heterocycles. The van der Waals surface area contributed by atoms with Gasteiger partial charge in [0, 0.05) is 19.0 Å². The molecule has 0 bridgehead atoms. The van der Waals surface area contributed by atoms with Crippen molar-refractivity contribution in [2.75, 3.05) is 25.1 Å². The average molecular weight is 435 g/mol. The molecule has 0 saturated carbocycles. The highest BCUT2D eigenvalue weighted by Gasteiger charge is 2.30. The van der Waals surface area contributed by atoms with E-state index < -0.39 is 12.1 Å². The van der Waals surface area contributed by atoms with E-state index in [9.17, 15) is 14.4 Å². The lowest BCUT2D eigenvalue weighted by Crippen LogP contribution is -2.51. The SMILES string of the molecule is CSCC[C@H](N)C(=O)N1CCC(C(=O)N[C@H](C)C(=O)N[C@@H](C)c2ccccc2)CC1. The molecule has 0 aliphatic carbocycles. The number of piperidine rings is 1. The first-order valence-corrected chi connectivity index (χ1v) is 11.9. The molecule has 1 aliphatic rings. The van der Waals surface area contributed by atoms with Crippen LogP contribution >= 0.6 is 11.8 Å². The lowest BCUT2D eigenvalue weighted by Gasteiger charge is -2.33. The van der Waals surface area contributed by atoms with Gasteiger partial charge in [0.15, 0.2) is 0 Å². The predicted molar refractivity (Wildman–Crippen MR) is 121 cm³/mol. The molecule has 3 amide bonds. The van der Waals surface area contributed by atoms with Crippen molar-refractivity contribution >= 4 is 29.5 Å². The van der Waals surface area contributed by atoms with Crippen LogP contribution in [-0.2, 0) is 14.4 Å². The van der Waals surface area contributed by atoms with Crippen LogP contribution in [0.2, 0.25) is 0 Å². The number of likely N-dealkylation sites (tertiary alicyclic amines) is 1. The highest BCUT2D eigenvalue weighted by Crippen LogP contribution is 2.19. The summed E-state index contributed by atoms with van der Waals surface area (Å²) in [7, 11) is 0. The van der Waals surface area contributed by atoms with Gasteiger partial charge in [-0.15, -0.1) is 0 Å². The van der Waals surface area contributed by atoms with Crippen molar-refractivity contribution in [3.05, 3.63) is 35.9 Å². The Morgan fingerprint density at radius 2 is 1.77 bits per heavy atom. The zero-order valence-corrected chi connectivity index (χ0v) is 18.9. The van der Waals surface area contributed by atoms with Crippen molar-refractivity contribution in [3.8, 4) is 0 Å². The molecule has 1 aromatic carbocycles. The summed E-state index contributed by atoms with van der Waals surface area (Å²) in [6.45, 7) is 4.65. The standard InChI is InChI=1S/C22H34N4O3S/c1-15(17-7-5-4-6-8-17)24-20(27)16(2)25-21(28)18-9-12-26(13-10-18)22(29)19(23)11-14-30-3/h4-8,15-16,18-19H,9-14,23H2,1-3H3,(H,24,27)(H,25,28)/t15-,16+,19-/m0/s1. The van der Waals surface area contributed by atoms with Gasteiger partial charge in [0.2, 0.25) is 17.7 Å². The van der Waals surface area contributed by atoms with Crippen molar-refractivity contribution in [1.29, 1.82) is 0 Å². The minimum absolute atomic E-state index is 0.0365. The average Bonchev–Trinajstić information content (AvgIpc) is 2.77. The molecule has 0 radical (unpaired) electrons. The molecule has 0 aromatic heterocycles. The van der Waals surface area contributed by atoms with Gasteiger partial charge >= 0.3 is 0 Å².